The van der Waals surface area contributed by atoms with E-state index in [0.717, 1.165) is 68.8 Å². The van der Waals surface area contributed by atoms with Crippen molar-refractivity contribution in [3.8, 4) is 11.5 Å². The molecule has 2 aromatic carbocycles. The van der Waals surface area contributed by atoms with Gasteiger partial charge in [0.25, 0.3) is 0 Å². The van der Waals surface area contributed by atoms with Crippen molar-refractivity contribution in [3.05, 3.63) is 60.2 Å². The second kappa shape index (κ2) is 15.7. The molecular formula is C24H35IN4O3. The minimum Gasteiger partial charge on any atom is -0.494 e. The maximum absolute atomic E-state index is 5.94. The summed E-state index contributed by atoms with van der Waals surface area (Å²) in [6.45, 7) is 7.35. The van der Waals surface area contributed by atoms with Crippen LogP contribution in [0.3, 0.4) is 0 Å². The van der Waals surface area contributed by atoms with Crippen molar-refractivity contribution in [1.82, 2.24) is 15.5 Å². The number of nitrogens with zero attached hydrogens (tertiary/aromatic N) is 2. The first-order valence-corrected chi connectivity index (χ1v) is 11.0. The molecule has 0 aromatic heterocycles. The summed E-state index contributed by atoms with van der Waals surface area (Å²) in [5.74, 6) is 2.57. The third-order valence-corrected chi connectivity index (χ3v) is 4.99. The molecule has 0 atom stereocenters. The van der Waals surface area contributed by atoms with Crippen LogP contribution in [-0.2, 0) is 11.3 Å². The zero-order valence-corrected chi connectivity index (χ0v) is 21.1. The Morgan fingerprint density at radius 1 is 0.969 bits per heavy atom. The molecule has 1 fully saturated rings. The highest BCUT2D eigenvalue weighted by atomic mass is 127. The van der Waals surface area contributed by atoms with E-state index in [4.69, 9.17) is 14.2 Å². The minimum atomic E-state index is 0. The number of rotatable bonds is 11. The lowest BCUT2D eigenvalue weighted by atomic mass is 10.2. The van der Waals surface area contributed by atoms with Gasteiger partial charge in [0.2, 0.25) is 0 Å². The minimum absolute atomic E-state index is 0. The molecule has 0 saturated carbocycles. The molecule has 1 heterocycles. The van der Waals surface area contributed by atoms with Gasteiger partial charge in [0.1, 0.15) is 18.1 Å². The van der Waals surface area contributed by atoms with Gasteiger partial charge < -0.3 is 24.8 Å². The number of aliphatic imine (C=N–C) groups is 1. The molecule has 2 N–H and O–H groups in total. The van der Waals surface area contributed by atoms with Crippen molar-refractivity contribution in [3.63, 3.8) is 0 Å². The molecule has 0 radical (unpaired) electrons. The van der Waals surface area contributed by atoms with Crippen LogP contribution in [0.4, 0.5) is 0 Å². The first-order chi connectivity index (χ1) is 15.3. The van der Waals surface area contributed by atoms with Crippen LogP contribution < -0.4 is 20.1 Å². The number of hydrogen-bond donors (Lipinski definition) is 2. The number of guanidine groups is 1. The fourth-order valence-electron chi connectivity index (χ4n) is 3.25. The lowest BCUT2D eigenvalue weighted by molar-refractivity contribution is 0.0322. The third kappa shape index (κ3) is 10.1. The van der Waals surface area contributed by atoms with Gasteiger partial charge in [0.05, 0.1) is 19.8 Å². The van der Waals surface area contributed by atoms with Gasteiger partial charge in [-0.15, -0.1) is 24.0 Å². The Morgan fingerprint density at radius 3 is 2.50 bits per heavy atom. The second-order valence-corrected chi connectivity index (χ2v) is 7.32. The van der Waals surface area contributed by atoms with Crippen molar-refractivity contribution in [2.45, 2.75) is 13.0 Å². The average Bonchev–Trinajstić information content (AvgIpc) is 2.82. The molecule has 1 aliphatic rings. The van der Waals surface area contributed by atoms with Crippen LogP contribution in [-0.4, -0.2) is 70.5 Å². The highest BCUT2D eigenvalue weighted by Gasteiger charge is 2.09. The molecule has 0 bridgehead atoms. The molecule has 1 saturated heterocycles. The average molecular weight is 554 g/mol. The van der Waals surface area contributed by atoms with Crippen molar-refractivity contribution in [2.75, 3.05) is 59.7 Å². The van der Waals surface area contributed by atoms with Crippen molar-refractivity contribution >= 4 is 29.9 Å². The van der Waals surface area contributed by atoms with Gasteiger partial charge in [-0.2, -0.15) is 0 Å². The maximum Gasteiger partial charge on any atom is 0.191 e. The summed E-state index contributed by atoms with van der Waals surface area (Å²) < 4.78 is 17.0. The first-order valence-electron chi connectivity index (χ1n) is 11.0. The summed E-state index contributed by atoms with van der Waals surface area (Å²) >= 11 is 0. The highest BCUT2D eigenvalue weighted by molar-refractivity contribution is 14.0. The Balaban J connectivity index is 0.00000363. The molecule has 176 valence electrons. The Labute approximate surface area is 208 Å². The molecule has 0 amide bonds. The molecule has 32 heavy (non-hydrogen) atoms. The first kappa shape index (κ1) is 26.2. The molecule has 0 aliphatic carbocycles. The van der Waals surface area contributed by atoms with Crippen molar-refractivity contribution < 1.29 is 14.2 Å². The Bertz CT molecular complexity index is 786. The molecule has 3 rings (SSSR count). The number of para-hydroxylation sites is 1. The number of benzene rings is 2. The highest BCUT2D eigenvalue weighted by Crippen LogP contribution is 2.13. The summed E-state index contributed by atoms with van der Waals surface area (Å²) in [4.78, 5) is 6.66. The summed E-state index contributed by atoms with van der Waals surface area (Å²) in [6, 6.07) is 18.1. The second-order valence-electron chi connectivity index (χ2n) is 7.32. The summed E-state index contributed by atoms with van der Waals surface area (Å²) in [6.07, 6.45) is 0.891. The van der Waals surface area contributed by atoms with E-state index < -0.39 is 0 Å². The lowest BCUT2D eigenvalue weighted by Crippen LogP contribution is -2.38. The zero-order valence-electron chi connectivity index (χ0n) is 18.8. The number of hydrogen-bond acceptors (Lipinski definition) is 5. The van der Waals surface area contributed by atoms with Crippen LogP contribution in [0.1, 0.15) is 12.0 Å². The predicted molar refractivity (Wildman–Crippen MR) is 139 cm³/mol. The number of ether oxygens (including phenoxy) is 3. The van der Waals surface area contributed by atoms with Gasteiger partial charge in [-0.3, -0.25) is 9.89 Å². The zero-order chi connectivity index (χ0) is 21.6. The smallest absolute Gasteiger partial charge is 0.191 e. The normalized spacial score (nSPS) is 14.3. The van der Waals surface area contributed by atoms with E-state index in [9.17, 15) is 0 Å². The van der Waals surface area contributed by atoms with Crippen LogP contribution in [0.15, 0.2) is 59.6 Å². The van der Waals surface area contributed by atoms with Gasteiger partial charge in [-0.1, -0.05) is 30.3 Å². The Hall–Kier alpha value is -2.04. The van der Waals surface area contributed by atoms with Crippen LogP contribution in [0.2, 0.25) is 0 Å². The van der Waals surface area contributed by atoms with E-state index in [0.29, 0.717) is 19.8 Å². The molecule has 0 unspecified atom stereocenters. The maximum atomic E-state index is 5.94. The van der Waals surface area contributed by atoms with Gasteiger partial charge in [0, 0.05) is 39.8 Å². The van der Waals surface area contributed by atoms with E-state index in [1.165, 1.54) is 0 Å². The quantitative estimate of drug-likeness (QED) is 0.193. The Kier molecular flexibility index (Phi) is 12.9. The molecule has 2 aromatic rings. The fourth-order valence-corrected chi connectivity index (χ4v) is 3.25. The summed E-state index contributed by atoms with van der Waals surface area (Å²) in [5.41, 5.74) is 1.15. The van der Waals surface area contributed by atoms with Gasteiger partial charge in [-0.25, -0.2) is 0 Å². The van der Waals surface area contributed by atoms with Crippen molar-refractivity contribution in [2.24, 2.45) is 4.99 Å². The molecular weight excluding hydrogens is 519 g/mol. The summed E-state index contributed by atoms with van der Waals surface area (Å²) in [7, 11) is 1.78. The SMILES string of the molecule is CN=C(NCCCOc1ccccc1)NCc1cccc(OCCN2CCOCC2)c1.I. The predicted octanol–water partition coefficient (Wildman–Crippen LogP) is 3.15. The third-order valence-electron chi connectivity index (χ3n) is 4.99. The topological polar surface area (TPSA) is 67.4 Å². The van der Waals surface area contributed by atoms with Crippen LogP contribution in [0.5, 0.6) is 11.5 Å². The number of nitrogens with one attached hydrogen (secondary N) is 2. The van der Waals surface area contributed by atoms with Crippen LogP contribution in [0, 0.1) is 0 Å². The van der Waals surface area contributed by atoms with E-state index in [-0.39, 0.29) is 24.0 Å². The van der Waals surface area contributed by atoms with Gasteiger partial charge >= 0.3 is 0 Å². The van der Waals surface area contributed by atoms with E-state index in [1.54, 1.807) is 7.05 Å². The van der Waals surface area contributed by atoms with Crippen LogP contribution >= 0.6 is 24.0 Å². The fraction of sp³-hybridized carbons (Fsp3) is 0.458. The van der Waals surface area contributed by atoms with E-state index in [1.807, 2.05) is 42.5 Å². The molecule has 1 aliphatic heterocycles. The van der Waals surface area contributed by atoms with Gasteiger partial charge in [0.15, 0.2) is 5.96 Å². The number of halogens is 1. The van der Waals surface area contributed by atoms with E-state index >= 15 is 0 Å². The largest absolute Gasteiger partial charge is 0.494 e. The number of morpholine rings is 1. The summed E-state index contributed by atoms with van der Waals surface area (Å²) in [5, 5.41) is 6.67. The van der Waals surface area contributed by atoms with E-state index in [2.05, 4.69) is 32.7 Å². The van der Waals surface area contributed by atoms with Gasteiger partial charge in [-0.05, 0) is 36.2 Å². The van der Waals surface area contributed by atoms with Crippen LogP contribution in [0.25, 0.3) is 0 Å². The standard InChI is InChI=1S/C24H34N4O3.HI/c1-25-24(26-11-6-15-30-22-8-3-2-4-9-22)27-20-21-7-5-10-23(19-21)31-18-14-28-12-16-29-17-13-28;/h2-5,7-10,19H,6,11-18,20H2,1H3,(H2,25,26,27);1H. The Morgan fingerprint density at radius 2 is 1.72 bits per heavy atom. The van der Waals surface area contributed by atoms with Crippen molar-refractivity contribution in [1.29, 1.82) is 0 Å². The monoisotopic (exact) mass is 554 g/mol. The molecule has 7 nitrogen and oxygen atoms in total. The lowest BCUT2D eigenvalue weighted by Gasteiger charge is -2.26. The molecule has 0 spiro atoms. The molecule has 8 heteroatoms.